The number of nitrogens with zero attached hydrogens (tertiary/aromatic N) is 3. The van der Waals surface area contributed by atoms with Gasteiger partial charge in [-0.1, -0.05) is 6.58 Å². The number of carbonyl (C=O) groups is 1. The van der Waals surface area contributed by atoms with Crippen LogP contribution >= 0.6 is 0 Å². The summed E-state index contributed by atoms with van der Waals surface area (Å²) in [6.07, 6.45) is 10.1. The van der Waals surface area contributed by atoms with E-state index < -0.39 is 5.91 Å². The molecule has 0 bridgehead atoms. The standard InChI is InChI=1S/C22H36N6O2/c1-14(28(2)3)15-5-7-16(8-6-15)25-21-19(20(23)29)13-24-22(27-21)26-17-9-11-18(30-4)12-10-17/h13,15-18H,1,5-12H2,2-4H3,(H2,23,29)(H2,24,25,26,27). The maximum absolute atomic E-state index is 11.9. The molecule has 8 heteroatoms. The number of anilines is 2. The smallest absolute Gasteiger partial charge is 0.254 e. The van der Waals surface area contributed by atoms with Gasteiger partial charge in [0, 0.05) is 45.2 Å². The molecule has 0 saturated heterocycles. The normalized spacial score (nSPS) is 26.6. The molecule has 1 aromatic heterocycles. The highest BCUT2D eigenvalue weighted by molar-refractivity contribution is 5.97. The van der Waals surface area contributed by atoms with Crippen LogP contribution in [0, 0.1) is 5.92 Å². The van der Waals surface area contributed by atoms with Crippen LogP contribution in [0.4, 0.5) is 11.8 Å². The Bertz CT molecular complexity index is 737. The van der Waals surface area contributed by atoms with E-state index in [1.54, 1.807) is 7.11 Å². The lowest BCUT2D eigenvalue weighted by atomic mass is 9.84. The number of nitrogens with two attached hydrogens (primary N) is 1. The first kappa shape index (κ1) is 22.3. The Morgan fingerprint density at radius 1 is 1.10 bits per heavy atom. The van der Waals surface area contributed by atoms with E-state index in [4.69, 9.17) is 10.5 Å². The van der Waals surface area contributed by atoms with Gasteiger partial charge < -0.3 is 26.0 Å². The molecule has 3 rings (SSSR count). The minimum absolute atomic E-state index is 0.259. The molecule has 8 nitrogen and oxygen atoms in total. The van der Waals surface area contributed by atoms with Gasteiger partial charge in [0.1, 0.15) is 5.82 Å². The van der Waals surface area contributed by atoms with Crippen LogP contribution in [0.3, 0.4) is 0 Å². The van der Waals surface area contributed by atoms with Crippen molar-refractivity contribution in [2.45, 2.75) is 69.6 Å². The van der Waals surface area contributed by atoms with Gasteiger partial charge in [-0.2, -0.15) is 4.98 Å². The zero-order chi connectivity index (χ0) is 21.7. The van der Waals surface area contributed by atoms with Crippen LogP contribution < -0.4 is 16.4 Å². The van der Waals surface area contributed by atoms with E-state index in [0.29, 0.717) is 35.4 Å². The average Bonchev–Trinajstić information content (AvgIpc) is 2.74. The number of carbonyl (C=O) groups excluding carboxylic acids is 1. The van der Waals surface area contributed by atoms with Crippen molar-refractivity contribution in [2.75, 3.05) is 31.8 Å². The molecule has 2 aliphatic carbocycles. The Morgan fingerprint density at radius 2 is 1.70 bits per heavy atom. The number of nitrogens with one attached hydrogen (secondary N) is 2. The summed E-state index contributed by atoms with van der Waals surface area (Å²) in [5.74, 6) is 1.07. The van der Waals surface area contributed by atoms with Gasteiger partial charge in [-0.15, -0.1) is 0 Å². The lowest BCUT2D eigenvalue weighted by Gasteiger charge is -2.33. The molecule has 0 aliphatic heterocycles. The molecule has 4 N–H and O–H groups in total. The van der Waals surface area contributed by atoms with Crippen molar-refractivity contribution >= 4 is 17.7 Å². The van der Waals surface area contributed by atoms with Gasteiger partial charge in [-0.3, -0.25) is 4.79 Å². The molecule has 1 aromatic rings. The fraction of sp³-hybridized carbons (Fsp3) is 0.682. The van der Waals surface area contributed by atoms with Gasteiger partial charge in [-0.05, 0) is 57.3 Å². The van der Waals surface area contributed by atoms with E-state index in [9.17, 15) is 4.79 Å². The summed E-state index contributed by atoms with van der Waals surface area (Å²) in [6, 6.07) is 0.574. The predicted octanol–water partition coefficient (Wildman–Crippen LogP) is 2.99. The highest BCUT2D eigenvalue weighted by atomic mass is 16.5. The summed E-state index contributed by atoms with van der Waals surface area (Å²) in [7, 11) is 5.86. The molecule has 2 saturated carbocycles. The molecule has 166 valence electrons. The third kappa shape index (κ3) is 5.62. The summed E-state index contributed by atoms with van der Waals surface area (Å²) in [5.41, 5.74) is 7.09. The van der Waals surface area contributed by atoms with Crippen molar-refractivity contribution in [1.29, 1.82) is 0 Å². The second kappa shape index (κ2) is 10.1. The van der Waals surface area contributed by atoms with E-state index in [0.717, 1.165) is 51.4 Å². The van der Waals surface area contributed by atoms with E-state index >= 15 is 0 Å². The molecule has 2 fully saturated rings. The van der Waals surface area contributed by atoms with Crippen molar-refractivity contribution in [3.8, 4) is 0 Å². The predicted molar refractivity (Wildman–Crippen MR) is 119 cm³/mol. The zero-order valence-electron chi connectivity index (χ0n) is 18.5. The lowest BCUT2D eigenvalue weighted by Crippen LogP contribution is -2.32. The topological polar surface area (TPSA) is 105 Å². The van der Waals surface area contributed by atoms with Crippen LogP contribution in [0.15, 0.2) is 18.5 Å². The minimum Gasteiger partial charge on any atom is -0.381 e. The largest absolute Gasteiger partial charge is 0.381 e. The summed E-state index contributed by atoms with van der Waals surface area (Å²) >= 11 is 0. The summed E-state index contributed by atoms with van der Waals surface area (Å²) < 4.78 is 5.44. The number of allylic oxidation sites excluding steroid dienone is 1. The fourth-order valence-electron chi connectivity index (χ4n) is 4.50. The third-order valence-electron chi connectivity index (χ3n) is 6.51. The number of aromatic nitrogens is 2. The molecule has 0 atom stereocenters. The number of rotatable bonds is 8. The van der Waals surface area contributed by atoms with Crippen molar-refractivity contribution in [3.63, 3.8) is 0 Å². The molecule has 30 heavy (non-hydrogen) atoms. The maximum Gasteiger partial charge on any atom is 0.254 e. The fourth-order valence-corrected chi connectivity index (χ4v) is 4.50. The quantitative estimate of drug-likeness (QED) is 0.598. The first-order valence-corrected chi connectivity index (χ1v) is 11.0. The van der Waals surface area contributed by atoms with Crippen LogP contribution in [-0.2, 0) is 4.74 Å². The van der Waals surface area contributed by atoms with Crippen molar-refractivity contribution in [2.24, 2.45) is 11.7 Å². The molecule has 1 amide bonds. The van der Waals surface area contributed by atoms with Crippen LogP contribution in [-0.4, -0.2) is 60.2 Å². The summed E-state index contributed by atoms with van der Waals surface area (Å²) in [6.45, 7) is 4.21. The van der Waals surface area contributed by atoms with Crippen molar-refractivity contribution in [1.82, 2.24) is 14.9 Å². The van der Waals surface area contributed by atoms with E-state index in [1.807, 2.05) is 14.1 Å². The van der Waals surface area contributed by atoms with E-state index in [1.165, 1.54) is 11.9 Å². The van der Waals surface area contributed by atoms with Gasteiger partial charge in [0.2, 0.25) is 5.95 Å². The first-order chi connectivity index (χ1) is 14.4. The SMILES string of the molecule is C=C(C1CCC(Nc2nc(NC3CCC(OC)CC3)ncc2C(N)=O)CC1)N(C)C. The van der Waals surface area contributed by atoms with Crippen LogP contribution in [0.1, 0.15) is 61.7 Å². The Labute approximate surface area is 179 Å². The Hall–Kier alpha value is -2.35. The zero-order valence-corrected chi connectivity index (χ0v) is 18.5. The molecule has 0 unspecified atom stereocenters. The van der Waals surface area contributed by atoms with Gasteiger partial charge >= 0.3 is 0 Å². The number of ether oxygens (including phenoxy) is 1. The molecule has 0 spiro atoms. The number of hydrogen-bond donors (Lipinski definition) is 3. The van der Waals surface area contributed by atoms with Crippen molar-refractivity contribution < 1.29 is 9.53 Å². The highest BCUT2D eigenvalue weighted by Crippen LogP contribution is 2.32. The van der Waals surface area contributed by atoms with Gasteiger partial charge in [0.05, 0.1) is 11.7 Å². The van der Waals surface area contributed by atoms with E-state index in [2.05, 4.69) is 32.1 Å². The first-order valence-electron chi connectivity index (χ1n) is 11.0. The Morgan fingerprint density at radius 3 is 2.27 bits per heavy atom. The van der Waals surface area contributed by atoms with Crippen LogP contribution in [0.2, 0.25) is 0 Å². The lowest BCUT2D eigenvalue weighted by molar-refractivity contribution is 0.0681. The molecule has 2 aliphatic rings. The Balaban J connectivity index is 1.63. The molecule has 0 aromatic carbocycles. The maximum atomic E-state index is 11.9. The minimum atomic E-state index is -0.515. The molecule has 0 radical (unpaired) electrons. The van der Waals surface area contributed by atoms with Gasteiger partial charge in [0.15, 0.2) is 0 Å². The Kier molecular flexibility index (Phi) is 7.53. The van der Waals surface area contributed by atoms with Gasteiger partial charge in [-0.25, -0.2) is 4.98 Å². The molecular weight excluding hydrogens is 380 g/mol. The van der Waals surface area contributed by atoms with E-state index in [-0.39, 0.29) is 6.04 Å². The number of primary amides is 1. The average molecular weight is 417 g/mol. The second-order valence-electron chi connectivity index (χ2n) is 8.75. The summed E-state index contributed by atoms with van der Waals surface area (Å²) in [4.78, 5) is 22.9. The van der Waals surface area contributed by atoms with Crippen molar-refractivity contribution in [3.05, 3.63) is 24.0 Å². The number of amides is 1. The van der Waals surface area contributed by atoms with Gasteiger partial charge in [0.25, 0.3) is 5.91 Å². The molecular formula is C22H36N6O2. The number of hydrogen-bond acceptors (Lipinski definition) is 7. The number of methoxy groups -OCH3 is 1. The molecule has 1 heterocycles. The monoisotopic (exact) mass is 416 g/mol. The van der Waals surface area contributed by atoms with Crippen LogP contribution in [0.5, 0.6) is 0 Å². The summed E-state index contributed by atoms with van der Waals surface area (Å²) in [5, 5.41) is 6.87. The highest BCUT2D eigenvalue weighted by Gasteiger charge is 2.26. The third-order valence-corrected chi connectivity index (χ3v) is 6.51. The van der Waals surface area contributed by atoms with Crippen LogP contribution in [0.25, 0.3) is 0 Å². The second-order valence-corrected chi connectivity index (χ2v) is 8.75.